The lowest BCUT2D eigenvalue weighted by Gasteiger charge is -2.24. The van der Waals surface area contributed by atoms with Gasteiger partial charge < -0.3 is 15.2 Å². The average Bonchev–Trinajstić information content (AvgIpc) is 1.60. The van der Waals surface area contributed by atoms with Crippen molar-refractivity contribution in [3.8, 4) is 0 Å². The molecule has 9 heavy (non-hydrogen) atoms. The normalized spacial score (nSPS) is 24.0. The molecule has 0 unspecified atom stereocenters. The van der Waals surface area contributed by atoms with Crippen LogP contribution < -0.4 is 5.32 Å². The van der Waals surface area contributed by atoms with E-state index >= 15 is 0 Å². The molecule has 0 aliphatic carbocycles. The Labute approximate surface area is 50.6 Å². The minimum atomic E-state index is -1.36. The molecule has 1 fully saturated rings. The van der Waals surface area contributed by atoms with Crippen molar-refractivity contribution in [2.75, 3.05) is 0 Å². The first-order valence-corrected chi connectivity index (χ1v) is 2.37. The fourth-order valence-electron chi connectivity index (χ4n) is 0.520. The summed E-state index contributed by atoms with van der Waals surface area (Å²) in [5.74, 6) is -0.179. The topological polar surface area (TPSA) is 75.6 Å². The standard InChI is InChI=1S/C4H5NO4/c6-2-1-3(5-2)9-4(7)8/h3H,1H2,(H,5,6)(H,7,8)/t3-/m0/s1. The van der Waals surface area contributed by atoms with Gasteiger partial charge in [0.25, 0.3) is 0 Å². The van der Waals surface area contributed by atoms with Crippen LogP contribution in [0.4, 0.5) is 4.79 Å². The van der Waals surface area contributed by atoms with Crippen LogP contribution in [0.5, 0.6) is 0 Å². The number of ether oxygens (including phenoxy) is 1. The minimum Gasteiger partial charge on any atom is -0.450 e. The van der Waals surface area contributed by atoms with Gasteiger partial charge in [-0.05, 0) is 0 Å². The maximum Gasteiger partial charge on any atom is 0.507 e. The SMILES string of the molecule is O=C1C[C@H](OC(=O)O)N1. The van der Waals surface area contributed by atoms with E-state index in [9.17, 15) is 9.59 Å². The van der Waals surface area contributed by atoms with Crippen LogP contribution in [0.3, 0.4) is 0 Å². The summed E-state index contributed by atoms with van der Waals surface area (Å²) in [6.07, 6.45) is -1.83. The highest BCUT2D eigenvalue weighted by Crippen LogP contribution is 2.04. The van der Waals surface area contributed by atoms with Gasteiger partial charge in [-0.1, -0.05) is 0 Å². The number of nitrogens with one attached hydrogen (secondary N) is 1. The third kappa shape index (κ3) is 1.31. The summed E-state index contributed by atoms with van der Waals surface area (Å²) in [5.41, 5.74) is 0. The van der Waals surface area contributed by atoms with E-state index < -0.39 is 12.4 Å². The number of carbonyl (C=O) groups excluding carboxylic acids is 1. The Morgan fingerprint density at radius 2 is 2.44 bits per heavy atom. The van der Waals surface area contributed by atoms with Gasteiger partial charge in [0.1, 0.15) is 0 Å². The molecule has 0 saturated carbocycles. The zero-order chi connectivity index (χ0) is 6.85. The molecule has 1 amide bonds. The summed E-state index contributed by atoms with van der Waals surface area (Å²) in [5, 5.41) is 10.2. The molecule has 0 aromatic carbocycles. The number of amides is 1. The molecule has 1 rings (SSSR count). The summed E-state index contributed by atoms with van der Waals surface area (Å²) in [7, 11) is 0. The van der Waals surface area contributed by atoms with Crippen LogP contribution in [0.25, 0.3) is 0 Å². The van der Waals surface area contributed by atoms with Gasteiger partial charge in [0, 0.05) is 0 Å². The van der Waals surface area contributed by atoms with Crippen LogP contribution in [0.2, 0.25) is 0 Å². The predicted octanol–water partition coefficient (Wildman–Crippen LogP) is -0.473. The number of β-lactam (4-membered cyclic amide) rings is 1. The Balaban J connectivity index is 2.18. The average molecular weight is 131 g/mol. The molecular weight excluding hydrogens is 126 g/mol. The van der Waals surface area contributed by atoms with Crippen LogP contribution in [0.15, 0.2) is 0 Å². The Bertz CT molecular complexity index is 147. The summed E-state index contributed by atoms with van der Waals surface area (Å²) in [4.78, 5) is 19.8. The lowest BCUT2D eigenvalue weighted by atomic mass is 10.2. The number of carboxylic acid groups (broad SMARTS) is 1. The fraction of sp³-hybridized carbons (Fsp3) is 0.500. The highest BCUT2D eigenvalue weighted by atomic mass is 16.7. The van der Waals surface area contributed by atoms with Crippen LogP contribution in [0, 0.1) is 0 Å². The van der Waals surface area contributed by atoms with Crippen molar-refractivity contribution in [3.05, 3.63) is 0 Å². The van der Waals surface area contributed by atoms with Gasteiger partial charge in [0.15, 0.2) is 6.23 Å². The van der Waals surface area contributed by atoms with E-state index in [0.29, 0.717) is 0 Å². The molecule has 5 nitrogen and oxygen atoms in total. The highest BCUT2D eigenvalue weighted by molar-refractivity contribution is 5.82. The first-order valence-electron chi connectivity index (χ1n) is 2.37. The predicted molar refractivity (Wildman–Crippen MR) is 25.7 cm³/mol. The van der Waals surface area contributed by atoms with Crippen LogP contribution >= 0.6 is 0 Å². The van der Waals surface area contributed by atoms with E-state index in [1.54, 1.807) is 0 Å². The van der Waals surface area contributed by atoms with Crippen LogP contribution in [-0.4, -0.2) is 23.4 Å². The number of carbonyl (C=O) groups is 2. The quantitative estimate of drug-likeness (QED) is 0.372. The first-order chi connectivity index (χ1) is 4.18. The third-order valence-electron chi connectivity index (χ3n) is 0.936. The molecule has 50 valence electrons. The van der Waals surface area contributed by atoms with Crippen molar-refractivity contribution in [3.63, 3.8) is 0 Å². The molecule has 5 heteroatoms. The Morgan fingerprint density at radius 3 is 2.78 bits per heavy atom. The van der Waals surface area contributed by atoms with E-state index in [4.69, 9.17) is 5.11 Å². The smallest absolute Gasteiger partial charge is 0.450 e. The Hall–Kier alpha value is -1.26. The van der Waals surface area contributed by atoms with Gasteiger partial charge in [0.2, 0.25) is 5.91 Å². The summed E-state index contributed by atoms with van der Waals surface area (Å²) < 4.78 is 4.14. The molecule has 0 bridgehead atoms. The minimum absolute atomic E-state index is 0.145. The van der Waals surface area contributed by atoms with E-state index in [2.05, 4.69) is 10.1 Å². The Kier molecular flexibility index (Phi) is 1.26. The maximum atomic E-state index is 10.1. The zero-order valence-electron chi connectivity index (χ0n) is 4.46. The summed E-state index contributed by atoms with van der Waals surface area (Å²) >= 11 is 0. The molecule has 1 atom stereocenters. The molecule has 2 N–H and O–H groups in total. The van der Waals surface area contributed by atoms with Crippen molar-refractivity contribution in [1.29, 1.82) is 0 Å². The number of hydrogen-bond donors (Lipinski definition) is 2. The molecular formula is C4H5NO4. The maximum absolute atomic E-state index is 10.1. The third-order valence-corrected chi connectivity index (χ3v) is 0.936. The first kappa shape index (κ1) is 5.87. The second-order valence-electron chi connectivity index (χ2n) is 1.64. The largest absolute Gasteiger partial charge is 0.507 e. The van der Waals surface area contributed by atoms with E-state index in [-0.39, 0.29) is 12.3 Å². The lowest BCUT2D eigenvalue weighted by Crippen LogP contribution is -2.50. The van der Waals surface area contributed by atoms with Crippen molar-refractivity contribution >= 4 is 12.1 Å². The van der Waals surface area contributed by atoms with Crippen LogP contribution in [0.1, 0.15) is 6.42 Å². The van der Waals surface area contributed by atoms with E-state index in [1.807, 2.05) is 0 Å². The zero-order valence-corrected chi connectivity index (χ0v) is 4.46. The van der Waals surface area contributed by atoms with Gasteiger partial charge in [-0.3, -0.25) is 4.79 Å². The summed E-state index contributed by atoms with van der Waals surface area (Å²) in [6.45, 7) is 0. The Morgan fingerprint density at radius 1 is 1.89 bits per heavy atom. The molecule has 1 aliphatic rings. The second kappa shape index (κ2) is 1.93. The molecule has 0 aromatic heterocycles. The van der Waals surface area contributed by atoms with Crippen molar-refractivity contribution in [1.82, 2.24) is 5.32 Å². The van der Waals surface area contributed by atoms with Gasteiger partial charge >= 0.3 is 6.16 Å². The van der Waals surface area contributed by atoms with Gasteiger partial charge in [0.05, 0.1) is 6.42 Å². The lowest BCUT2D eigenvalue weighted by molar-refractivity contribution is -0.136. The molecule has 1 aliphatic heterocycles. The molecule has 0 radical (unpaired) electrons. The summed E-state index contributed by atoms with van der Waals surface area (Å²) in [6, 6.07) is 0. The van der Waals surface area contributed by atoms with Gasteiger partial charge in [-0.25, -0.2) is 4.79 Å². The highest BCUT2D eigenvalue weighted by Gasteiger charge is 2.28. The van der Waals surface area contributed by atoms with E-state index in [0.717, 1.165) is 0 Å². The fourth-order valence-corrected chi connectivity index (χ4v) is 0.520. The van der Waals surface area contributed by atoms with E-state index in [1.165, 1.54) is 0 Å². The van der Waals surface area contributed by atoms with Crippen molar-refractivity contribution in [2.45, 2.75) is 12.6 Å². The molecule has 0 spiro atoms. The second-order valence-corrected chi connectivity index (χ2v) is 1.64. The van der Waals surface area contributed by atoms with Crippen molar-refractivity contribution < 1.29 is 19.4 Å². The number of hydrogen-bond acceptors (Lipinski definition) is 3. The molecule has 1 heterocycles. The van der Waals surface area contributed by atoms with Crippen LogP contribution in [-0.2, 0) is 9.53 Å². The number of rotatable bonds is 1. The van der Waals surface area contributed by atoms with Gasteiger partial charge in [-0.15, -0.1) is 0 Å². The van der Waals surface area contributed by atoms with Gasteiger partial charge in [-0.2, -0.15) is 0 Å². The monoisotopic (exact) mass is 131 g/mol. The molecule has 1 saturated heterocycles. The van der Waals surface area contributed by atoms with Crippen molar-refractivity contribution in [2.24, 2.45) is 0 Å². The molecule has 0 aromatic rings.